The zero-order valence-electron chi connectivity index (χ0n) is 17.7. The number of carbonyl (C=O) groups is 1. The van der Waals surface area contributed by atoms with Crippen molar-refractivity contribution in [1.82, 2.24) is 25.5 Å². The van der Waals surface area contributed by atoms with Gasteiger partial charge in [0.25, 0.3) is 0 Å². The number of benzene rings is 2. The van der Waals surface area contributed by atoms with E-state index in [0.29, 0.717) is 5.16 Å². The summed E-state index contributed by atoms with van der Waals surface area (Å²) in [6, 6.07) is 12.6. The lowest BCUT2D eigenvalue weighted by Gasteiger charge is -2.20. The van der Waals surface area contributed by atoms with Gasteiger partial charge in [-0.3, -0.25) is 4.79 Å². The van der Waals surface area contributed by atoms with Gasteiger partial charge in [-0.2, -0.15) is 4.68 Å². The molecule has 4 rings (SSSR count). The summed E-state index contributed by atoms with van der Waals surface area (Å²) in [6.45, 7) is 6.15. The topological polar surface area (TPSA) is 72.7 Å². The molecule has 1 amide bonds. The first kappa shape index (κ1) is 20.6. The Labute approximate surface area is 181 Å². The number of hydrogen-bond acceptors (Lipinski definition) is 5. The van der Waals surface area contributed by atoms with Crippen LogP contribution >= 0.6 is 11.8 Å². The Bertz CT molecular complexity index is 1060. The number of amides is 1. The number of aryl methyl sites for hydroxylation is 3. The van der Waals surface area contributed by atoms with Crippen LogP contribution in [0.1, 0.15) is 53.6 Å². The molecule has 1 aromatic heterocycles. The molecule has 0 fully saturated rings. The Hall–Kier alpha value is -2.67. The molecule has 0 aliphatic heterocycles. The van der Waals surface area contributed by atoms with Crippen molar-refractivity contribution in [1.29, 1.82) is 0 Å². The second-order valence-corrected chi connectivity index (χ2v) is 8.85. The van der Waals surface area contributed by atoms with Crippen molar-refractivity contribution >= 4 is 17.7 Å². The third-order valence-electron chi connectivity index (χ3n) is 5.83. The fourth-order valence-electron chi connectivity index (χ4n) is 3.90. The minimum absolute atomic E-state index is 0.0271. The van der Waals surface area contributed by atoms with Gasteiger partial charge in [0.1, 0.15) is 0 Å². The van der Waals surface area contributed by atoms with Crippen molar-refractivity contribution in [3.63, 3.8) is 0 Å². The quantitative estimate of drug-likeness (QED) is 0.606. The zero-order chi connectivity index (χ0) is 21.1. The molecule has 6 nitrogen and oxygen atoms in total. The summed E-state index contributed by atoms with van der Waals surface area (Å²) in [5, 5.41) is 15.8. The highest BCUT2D eigenvalue weighted by molar-refractivity contribution is 7.99. The highest BCUT2D eigenvalue weighted by Crippen LogP contribution is 2.25. The van der Waals surface area contributed by atoms with Gasteiger partial charge in [-0.25, -0.2) is 0 Å². The third kappa shape index (κ3) is 4.41. The van der Waals surface area contributed by atoms with Crippen molar-refractivity contribution in [3.8, 4) is 5.69 Å². The van der Waals surface area contributed by atoms with Gasteiger partial charge in [0.05, 0.1) is 17.5 Å². The molecule has 1 N–H and O–H groups in total. The number of aromatic nitrogens is 4. The molecule has 0 radical (unpaired) electrons. The van der Waals surface area contributed by atoms with Crippen LogP contribution in [0, 0.1) is 13.8 Å². The van der Waals surface area contributed by atoms with Crippen LogP contribution in [0.4, 0.5) is 0 Å². The van der Waals surface area contributed by atoms with Crippen molar-refractivity contribution in [2.45, 2.75) is 57.7 Å². The second-order valence-electron chi connectivity index (χ2n) is 7.91. The monoisotopic (exact) mass is 421 g/mol. The van der Waals surface area contributed by atoms with E-state index in [9.17, 15) is 4.79 Å². The molecular weight excluding hydrogens is 394 g/mol. The van der Waals surface area contributed by atoms with Gasteiger partial charge in [-0.15, -0.1) is 5.10 Å². The molecule has 0 saturated heterocycles. The maximum Gasteiger partial charge on any atom is 0.230 e. The molecular formula is C23H27N5OS. The van der Waals surface area contributed by atoms with Gasteiger partial charge >= 0.3 is 0 Å². The average Bonchev–Trinajstić information content (AvgIpc) is 3.22. The number of nitrogens with zero attached hydrogens (tertiary/aromatic N) is 4. The summed E-state index contributed by atoms with van der Waals surface area (Å²) < 4.78 is 1.70. The van der Waals surface area contributed by atoms with Gasteiger partial charge in [-0.1, -0.05) is 42.1 Å². The molecule has 1 heterocycles. The van der Waals surface area contributed by atoms with Crippen LogP contribution in [0.3, 0.4) is 0 Å². The first-order valence-corrected chi connectivity index (χ1v) is 11.4. The lowest BCUT2D eigenvalue weighted by Crippen LogP contribution is -2.28. The maximum absolute atomic E-state index is 12.6. The van der Waals surface area contributed by atoms with Crippen molar-refractivity contribution in [2.75, 3.05) is 5.75 Å². The number of fused-ring (bicyclic) bond motifs is 1. The predicted octanol–water partition coefficient (Wildman–Crippen LogP) is 4.13. The zero-order valence-corrected chi connectivity index (χ0v) is 18.5. The molecule has 0 unspecified atom stereocenters. The second kappa shape index (κ2) is 9.00. The lowest BCUT2D eigenvalue weighted by molar-refractivity contribution is -0.119. The Morgan fingerprint density at radius 3 is 2.80 bits per heavy atom. The van der Waals surface area contributed by atoms with Gasteiger partial charge in [-0.05, 0) is 90.8 Å². The Morgan fingerprint density at radius 2 is 1.97 bits per heavy atom. The minimum Gasteiger partial charge on any atom is -0.349 e. The number of carbonyl (C=O) groups excluding carboxylic acids is 1. The summed E-state index contributed by atoms with van der Waals surface area (Å²) in [4.78, 5) is 12.6. The Morgan fingerprint density at radius 1 is 1.17 bits per heavy atom. The van der Waals surface area contributed by atoms with Crippen LogP contribution in [0.5, 0.6) is 0 Å². The summed E-state index contributed by atoms with van der Waals surface area (Å²) >= 11 is 1.35. The summed E-state index contributed by atoms with van der Waals surface area (Å²) in [5.74, 6) is 0.237. The van der Waals surface area contributed by atoms with Crippen molar-refractivity contribution in [3.05, 3.63) is 64.2 Å². The van der Waals surface area contributed by atoms with Crippen LogP contribution < -0.4 is 5.32 Å². The van der Waals surface area contributed by atoms with E-state index >= 15 is 0 Å². The summed E-state index contributed by atoms with van der Waals surface area (Å²) in [7, 11) is 0. The van der Waals surface area contributed by atoms with E-state index in [1.54, 1.807) is 4.68 Å². The maximum atomic E-state index is 12.6. The first-order valence-electron chi connectivity index (χ1n) is 10.4. The predicted molar refractivity (Wildman–Crippen MR) is 119 cm³/mol. The molecule has 0 spiro atoms. The fourth-order valence-corrected chi connectivity index (χ4v) is 4.60. The van der Waals surface area contributed by atoms with Gasteiger partial charge < -0.3 is 5.32 Å². The smallest absolute Gasteiger partial charge is 0.230 e. The van der Waals surface area contributed by atoms with Crippen LogP contribution in [0.2, 0.25) is 0 Å². The van der Waals surface area contributed by atoms with Gasteiger partial charge in [0.15, 0.2) is 0 Å². The molecule has 30 heavy (non-hydrogen) atoms. The molecule has 1 aliphatic rings. The Balaban J connectivity index is 1.39. The Kier molecular flexibility index (Phi) is 6.18. The molecule has 1 atom stereocenters. The minimum atomic E-state index is -0.0275. The van der Waals surface area contributed by atoms with E-state index in [2.05, 4.69) is 52.0 Å². The summed E-state index contributed by atoms with van der Waals surface area (Å²) in [5.41, 5.74) is 7.28. The van der Waals surface area contributed by atoms with E-state index in [-0.39, 0.29) is 17.7 Å². The first-order chi connectivity index (χ1) is 14.5. The van der Waals surface area contributed by atoms with Gasteiger partial charge in [0.2, 0.25) is 11.1 Å². The number of rotatable bonds is 6. The number of hydrogen-bond donors (Lipinski definition) is 1. The largest absolute Gasteiger partial charge is 0.349 e. The van der Waals surface area contributed by atoms with Crippen LogP contribution in [0.25, 0.3) is 5.69 Å². The third-order valence-corrected chi connectivity index (χ3v) is 6.75. The lowest BCUT2D eigenvalue weighted by atomic mass is 9.89. The van der Waals surface area contributed by atoms with E-state index in [4.69, 9.17) is 0 Å². The van der Waals surface area contributed by atoms with E-state index < -0.39 is 0 Å². The molecule has 156 valence electrons. The normalized spacial score (nSPS) is 14.2. The fraction of sp³-hybridized carbons (Fsp3) is 0.391. The molecule has 7 heteroatoms. The highest BCUT2D eigenvalue weighted by atomic mass is 32.2. The number of nitrogens with one attached hydrogen (secondary N) is 1. The van der Waals surface area contributed by atoms with E-state index in [1.807, 2.05) is 26.0 Å². The standard InChI is InChI=1S/C23H27N5OS/c1-15-7-6-10-21(16(15)2)28-23(25-26-27-28)30-14-22(29)24-17(3)19-12-11-18-8-4-5-9-20(18)13-19/h6-7,10-13,17H,4-5,8-9,14H2,1-3H3,(H,24,29)/t17-/m0/s1. The molecule has 1 aliphatic carbocycles. The number of thioether (sulfide) groups is 1. The molecule has 0 saturated carbocycles. The molecule has 3 aromatic rings. The van der Waals surface area contributed by atoms with Crippen LogP contribution in [-0.2, 0) is 17.6 Å². The highest BCUT2D eigenvalue weighted by Gasteiger charge is 2.17. The van der Waals surface area contributed by atoms with E-state index in [0.717, 1.165) is 23.2 Å². The van der Waals surface area contributed by atoms with Crippen molar-refractivity contribution < 1.29 is 4.79 Å². The number of tetrazole rings is 1. The average molecular weight is 422 g/mol. The van der Waals surface area contributed by atoms with Gasteiger partial charge in [0, 0.05) is 0 Å². The van der Waals surface area contributed by atoms with Crippen LogP contribution in [0.15, 0.2) is 41.6 Å². The molecule has 0 bridgehead atoms. The SMILES string of the molecule is Cc1cccc(-n2nnnc2SCC(=O)N[C@@H](C)c2ccc3c(c2)CCCC3)c1C. The van der Waals surface area contributed by atoms with E-state index in [1.165, 1.54) is 47.7 Å². The van der Waals surface area contributed by atoms with Crippen LogP contribution in [-0.4, -0.2) is 31.9 Å². The summed E-state index contributed by atoms with van der Waals surface area (Å²) in [6.07, 6.45) is 4.84. The van der Waals surface area contributed by atoms with Crippen molar-refractivity contribution in [2.24, 2.45) is 0 Å². The molecule has 2 aromatic carbocycles.